The predicted molar refractivity (Wildman–Crippen MR) is 50.3 cm³/mol. The number of rotatable bonds is 2. The smallest absolute Gasteiger partial charge is 0.0610 e. The summed E-state index contributed by atoms with van der Waals surface area (Å²) in [5.41, 5.74) is 0. The van der Waals surface area contributed by atoms with Crippen molar-refractivity contribution in [1.29, 1.82) is 0 Å². The summed E-state index contributed by atoms with van der Waals surface area (Å²) in [6, 6.07) is 0. The largest absolute Gasteiger partial charge is 0.374 e. The molecule has 72 valence electrons. The molecule has 0 heterocycles. The Kier molecular flexibility index (Phi) is 1.29. The Hall–Kier alpha value is -0.0400. The first-order valence-electron chi connectivity index (χ1n) is 6.07. The van der Waals surface area contributed by atoms with Crippen LogP contribution in [0.15, 0.2) is 0 Å². The zero-order valence-electron chi connectivity index (χ0n) is 8.11. The van der Waals surface area contributed by atoms with Crippen molar-refractivity contribution in [3.05, 3.63) is 0 Å². The van der Waals surface area contributed by atoms with Crippen LogP contribution in [0.3, 0.4) is 0 Å². The van der Waals surface area contributed by atoms with Gasteiger partial charge in [-0.1, -0.05) is 0 Å². The zero-order valence-corrected chi connectivity index (χ0v) is 8.11. The van der Waals surface area contributed by atoms with Gasteiger partial charge in [-0.05, 0) is 62.2 Å². The molecular formula is C12H18O. The topological polar surface area (TPSA) is 9.23 Å². The quantitative estimate of drug-likeness (QED) is 0.631. The van der Waals surface area contributed by atoms with Crippen molar-refractivity contribution in [2.75, 3.05) is 0 Å². The van der Waals surface area contributed by atoms with Crippen molar-refractivity contribution in [2.24, 2.45) is 23.7 Å². The first-order valence-corrected chi connectivity index (χ1v) is 6.07. The molecule has 6 unspecified atom stereocenters. The molecule has 1 nitrogen and oxygen atoms in total. The second-order valence-corrected chi connectivity index (χ2v) is 5.69. The molecule has 13 heavy (non-hydrogen) atoms. The molecule has 4 saturated carbocycles. The van der Waals surface area contributed by atoms with Crippen molar-refractivity contribution >= 4 is 0 Å². The van der Waals surface area contributed by atoms with Gasteiger partial charge in [-0.3, -0.25) is 0 Å². The Morgan fingerprint density at radius 2 is 1.23 bits per heavy atom. The average molecular weight is 178 g/mol. The summed E-state index contributed by atoms with van der Waals surface area (Å²) in [6.07, 6.45) is 10.1. The maximum absolute atomic E-state index is 6.28. The standard InChI is InChI=1S/C12H18O/c1-3-11(9-5-7(1)9)13-12-4-2-8-6-10(8)12/h7-12H,1-6H2. The van der Waals surface area contributed by atoms with Gasteiger partial charge in [0.1, 0.15) is 0 Å². The van der Waals surface area contributed by atoms with Crippen molar-refractivity contribution in [3.63, 3.8) is 0 Å². The number of hydrogen-bond acceptors (Lipinski definition) is 1. The summed E-state index contributed by atoms with van der Waals surface area (Å²) in [6.45, 7) is 0. The number of fused-ring (bicyclic) bond motifs is 2. The van der Waals surface area contributed by atoms with Crippen LogP contribution in [-0.2, 0) is 4.74 Å². The summed E-state index contributed by atoms with van der Waals surface area (Å²) < 4.78 is 6.28. The normalized spacial score (nSPS) is 61.8. The Balaban J connectivity index is 1.41. The van der Waals surface area contributed by atoms with Gasteiger partial charge in [0, 0.05) is 0 Å². The summed E-state index contributed by atoms with van der Waals surface area (Å²) >= 11 is 0. The van der Waals surface area contributed by atoms with Crippen LogP contribution in [0.2, 0.25) is 0 Å². The van der Waals surface area contributed by atoms with Gasteiger partial charge in [0.15, 0.2) is 0 Å². The molecule has 0 N–H and O–H groups in total. The van der Waals surface area contributed by atoms with Crippen LogP contribution in [0.4, 0.5) is 0 Å². The van der Waals surface area contributed by atoms with E-state index >= 15 is 0 Å². The summed E-state index contributed by atoms with van der Waals surface area (Å²) in [4.78, 5) is 0. The number of hydrogen-bond donors (Lipinski definition) is 0. The maximum atomic E-state index is 6.28. The first kappa shape index (κ1) is 7.28. The van der Waals surface area contributed by atoms with Crippen LogP contribution in [0, 0.1) is 23.7 Å². The van der Waals surface area contributed by atoms with Crippen molar-refractivity contribution in [3.8, 4) is 0 Å². The zero-order chi connectivity index (χ0) is 8.41. The molecule has 4 rings (SSSR count). The fourth-order valence-corrected chi connectivity index (χ4v) is 3.86. The van der Waals surface area contributed by atoms with Gasteiger partial charge in [0.25, 0.3) is 0 Å². The van der Waals surface area contributed by atoms with E-state index in [0.717, 1.165) is 23.7 Å². The molecule has 4 aliphatic rings. The molecule has 0 saturated heterocycles. The van der Waals surface area contributed by atoms with Crippen molar-refractivity contribution in [1.82, 2.24) is 0 Å². The predicted octanol–water partition coefficient (Wildman–Crippen LogP) is 2.60. The molecule has 0 aromatic rings. The second kappa shape index (κ2) is 2.31. The van der Waals surface area contributed by atoms with E-state index < -0.39 is 0 Å². The fraction of sp³-hybridized carbons (Fsp3) is 1.00. The average Bonchev–Trinajstić information content (AvgIpc) is 3.03. The highest BCUT2D eigenvalue weighted by molar-refractivity contribution is 5.02. The van der Waals surface area contributed by atoms with Gasteiger partial charge in [0.2, 0.25) is 0 Å². The van der Waals surface area contributed by atoms with Crippen LogP contribution < -0.4 is 0 Å². The second-order valence-electron chi connectivity index (χ2n) is 5.69. The molecule has 6 atom stereocenters. The number of ether oxygens (including phenoxy) is 1. The summed E-state index contributed by atoms with van der Waals surface area (Å²) in [5, 5.41) is 0. The lowest BCUT2D eigenvalue weighted by Crippen LogP contribution is -2.22. The van der Waals surface area contributed by atoms with E-state index in [1.165, 1.54) is 38.5 Å². The highest BCUT2D eigenvalue weighted by Gasteiger charge is 2.53. The Morgan fingerprint density at radius 1 is 0.692 bits per heavy atom. The third kappa shape index (κ3) is 1.03. The minimum absolute atomic E-state index is 0.689. The minimum atomic E-state index is 0.689. The van der Waals surface area contributed by atoms with Crippen molar-refractivity contribution < 1.29 is 4.74 Å². The lowest BCUT2D eigenvalue weighted by atomic mass is 10.2. The van der Waals surface area contributed by atoms with E-state index in [9.17, 15) is 0 Å². The van der Waals surface area contributed by atoms with Crippen LogP contribution in [0.1, 0.15) is 38.5 Å². The third-order valence-electron chi connectivity index (χ3n) is 4.90. The SMILES string of the molecule is C1CC(OC2CCC3CC32)C2CC12. The van der Waals surface area contributed by atoms with Gasteiger partial charge in [-0.2, -0.15) is 0 Å². The third-order valence-corrected chi connectivity index (χ3v) is 4.90. The van der Waals surface area contributed by atoms with Crippen molar-refractivity contribution in [2.45, 2.75) is 50.7 Å². The van der Waals surface area contributed by atoms with Gasteiger partial charge in [0.05, 0.1) is 12.2 Å². The summed E-state index contributed by atoms with van der Waals surface area (Å²) in [7, 11) is 0. The van der Waals surface area contributed by atoms with Gasteiger partial charge >= 0.3 is 0 Å². The molecule has 1 heteroatoms. The molecule has 0 amide bonds. The van der Waals surface area contributed by atoms with E-state index in [2.05, 4.69) is 0 Å². The Morgan fingerprint density at radius 3 is 1.54 bits per heavy atom. The van der Waals surface area contributed by atoms with Gasteiger partial charge in [-0.15, -0.1) is 0 Å². The fourth-order valence-electron chi connectivity index (χ4n) is 3.86. The van der Waals surface area contributed by atoms with E-state index in [1.807, 2.05) is 0 Å². The molecule has 0 aromatic heterocycles. The molecule has 4 aliphatic carbocycles. The highest BCUT2D eigenvalue weighted by Crippen LogP contribution is 2.57. The van der Waals surface area contributed by atoms with E-state index in [4.69, 9.17) is 4.74 Å². The molecular weight excluding hydrogens is 160 g/mol. The lowest BCUT2D eigenvalue weighted by Gasteiger charge is -2.20. The first-order chi connectivity index (χ1) is 6.42. The molecule has 0 bridgehead atoms. The van der Waals surface area contributed by atoms with Crippen LogP contribution in [0.25, 0.3) is 0 Å². The Labute approximate surface area is 79.8 Å². The van der Waals surface area contributed by atoms with Crippen LogP contribution in [0.5, 0.6) is 0 Å². The maximum Gasteiger partial charge on any atom is 0.0610 e. The highest BCUT2D eigenvalue weighted by atomic mass is 16.5. The summed E-state index contributed by atoms with van der Waals surface area (Å²) in [5.74, 6) is 4.17. The van der Waals surface area contributed by atoms with E-state index in [-0.39, 0.29) is 0 Å². The van der Waals surface area contributed by atoms with Crippen LogP contribution >= 0.6 is 0 Å². The Bertz CT molecular complexity index is 213. The minimum Gasteiger partial charge on any atom is -0.374 e. The lowest BCUT2D eigenvalue weighted by molar-refractivity contribution is -0.0265. The van der Waals surface area contributed by atoms with E-state index in [1.54, 1.807) is 0 Å². The molecule has 0 aromatic carbocycles. The van der Waals surface area contributed by atoms with Gasteiger partial charge < -0.3 is 4.74 Å². The van der Waals surface area contributed by atoms with Gasteiger partial charge in [-0.25, -0.2) is 0 Å². The monoisotopic (exact) mass is 178 g/mol. The molecule has 0 spiro atoms. The van der Waals surface area contributed by atoms with E-state index in [0.29, 0.717) is 12.2 Å². The molecule has 0 aliphatic heterocycles. The molecule has 4 fully saturated rings. The molecule has 0 radical (unpaired) electrons. The van der Waals surface area contributed by atoms with Crippen LogP contribution in [-0.4, -0.2) is 12.2 Å².